The predicted octanol–water partition coefficient (Wildman–Crippen LogP) is 1.66. The monoisotopic (exact) mass is 276 g/mol. The van der Waals surface area contributed by atoms with Crippen LogP contribution >= 0.6 is 23.7 Å². The Hall–Kier alpha value is -0.780. The topological polar surface area (TPSA) is 50.4 Å². The van der Waals surface area contributed by atoms with E-state index in [2.05, 4.69) is 10.6 Å². The van der Waals surface area contributed by atoms with Gasteiger partial charge in [-0.25, -0.2) is 0 Å². The second-order valence-corrected chi connectivity index (χ2v) is 4.77. The molecule has 1 amide bonds. The zero-order chi connectivity index (χ0) is 11.4. The van der Waals surface area contributed by atoms with Crippen molar-refractivity contribution in [2.75, 3.05) is 20.2 Å². The van der Waals surface area contributed by atoms with Crippen molar-refractivity contribution >= 4 is 29.7 Å². The van der Waals surface area contributed by atoms with Crippen molar-refractivity contribution in [2.24, 2.45) is 0 Å². The van der Waals surface area contributed by atoms with E-state index in [1.807, 2.05) is 5.38 Å². The molecule has 0 aliphatic carbocycles. The Morgan fingerprint density at radius 2 is 2.53 bits per heavy atom. The molecular formula is C11H17ClN2O2S. The molecule has 1 fully saturated rings. The maximum Gasteiger partial charge on any atom is 0.261 e. The fourth-order valence-corrected chi connectivity index (χ4v) is 2.55. The van der Waals surface area contributed by atoms with E-state index in [-0.39, 0.29) is 18.3 Å². The smallest absolute Gasteiger partial charge is 0.261 e. The number of methoxy groups -OCH3 is 1. The lowest BCUT2D eigenvalue weighted by Crippen LogP contribution is -2.36. The quantitative estimate of drug-likeness (QED) is 0.879. The molecule has 0 saturated carbocycles. The molecule has 1 aliphatic rings. The van der Waals surface area contributed by atoms with Crippen LogP contribution in [0.5, 0.6) is 5.75 Å². The van der Waals surface area contributed by atoms with Gasteiger partial charge in [-0.3, -0.25) is 4.79 Å². The number of carbonyl (C=O) groups is 1. The van der Waals surface area contributed by atoms with Gasteiger partial charge in [0.25, 0.3) is 5.91 Å². The van der Waals surface area contributed by atoms with E-state index in [9.17, 15) is 4.79 Å². The number of amides is 1. The highest BCUT2D eigenvalue weighted by molar-refractivity contribution is 7.12. The highest BCUT2D eigenvalue weighted by atomic mass is 35.5. The molecule has 1 aliphatic heterocycles. The highest BCUT2D eigenvalue weighted by Crippen LogP contribution is 2.20. The first-order valence-electron chi connectivity index (χ1n) is 5.43. The first-order valence-corrected chi connectivity index (χ1v) is 6.31. The van der Waals surface area contributed by atoms with Crippen molar-refractivity contribution in [2.45, 2.75) is 18.9 Å². The molecule has 96 valence electrons. The van der Waals surface area contributed by atoms with E-state index < -0.39 is 0 Å². The van der Waals surface area contributed by atoms with Crippen molar-refractivity contribution in [1.29, 1.82) is 0 Å². The van der Waals surface area contributed by atoms with E-state index in [0.717, 1.165) is 18.7 Å². The van der Waals surface area contributed by atoms with Gasteiger partial charge in [-0.15, -0.1) is 23.7 Å². The van der Waals surface area contributed by atoms with E-state index >= 15 is 0 Å². The van der Waals surface area contributed by atoms with Crippen molar-refractivity contribution in [1.82, 2.24) is 10.6 Å². The lowest BCUT2D eigenvalue weighted by molar-refractivity contribution is 0.0954. The summed E-state index contributed by atoms with van der Waals surface area (Å²) in [6, 6.07) is 2.20. The maximum absolute atomic E-state index is 11.7. The molecule has 1 aromatic heterocycles. The van der Waals surface area contributed by atoms with Gasteiger partial charge >= 0.3 is 0 Å². The number of thiophene rings is 1. The summed E-state index contributed by atoms with van der Waals surface area (Å²) in [5.41, 5.74) is 0. The average molecular weight is 277 g/mol. The van der Waals surface area contributed by atoms with Gasteiger partial charge in [0.15, 0.2) is 0 Å². The van der Waals surface area contributed by atoms with Crippen LogP contribution in [0.4, 0.5) is 0 Å². The lowest BCUT2D eigenvalue weighted by Gasteiger charge is -2.10. The molecule has 17 heavy (non-hydrogen) atoms. The summed E-state index contributed by atoms with van der Waals surface area (Å²) in [5.74, 6) is 0.733. The Morgan fingerprint density at radius 3 is 3.12 bits per heavy atom. The van der Waals surface area contributed by atoms with Gasteiger partial charge in [0.2, 0.25) is 0 Å². The van der Waals surface area contributed by atoms with Crippen LogP contribution in [0.2, 0.25) is 0 Å². The third kappa shape index (κ3) is 3.87. The van der Waals surface area contributed by atoms with Crippen LogP contribution in [0.1, 0.15) is 22.5 Å². The summed E-state index contributed by atoms with van der Waals surface area (Å²) in [5, 5.41) is 8.11. The summed E-state index contributed by atoms with van der Waals surface area (Å²) in [4.78, 5) is 12.5. The highest BCUT2D eigenvalue weighted by Gasteiger charge is 2.16. The largest absolute Gasteiger partial charge is 0.496 e. The second kappa shape index (κ2) is 6.83. The van der Waals surface area contributed by atoms with E-state index in [0.29, 0.717) is 17.5 Å². The Kier molecular flexibility index (Phi) is 5.74. The molecule has 6 heteroatoms. The van der Waals surface area contributed by atoms with Crippen molar-refractivity contribution in [3.63, 3.8) is 0 Å². The number of ether oxygens (including phenoxy) is 1. The van der Waals surface area contributed by atoms with Crippen LogP contribution < -0.4 is 15.4 Å². The Morgan fingerprint density at radius 1 is 1.71 bits per heavy atom. The lowest BCUT2D eigenvalue weighted by atomic mass is 10.2. The van der Waals surface area contributed by atoms with Gasteiger partial charge < -0.3 is 15.4 Å². The van der Waals surface area contributed by atoms with E-state index in [1.165, 1.54) is 17.8 Å². The average Bonchev–Trinajstić information content (AvgIpc) is 2.96. The van der Waals surface area contributed by atoms with Crippen LogP contribution in [0, 0.1) is 0 Å². The van der Waals surface area contributed by atoms with Gasteiger partial charge in [-0.2, -0.15) is 0 Å². The van der Waals surface area contributed by atoms with E-state index in [4.69, 9.17) is 4.74 Å². The summed E-state index contributed by atoms with van der Waals surface area (Å²) in [6.45, 7) is 1.77. The summed E-state index contributed by atoms with van der Waals surface area (Å²) >= 11 is 1.41. The normalized spacial score (nSPS) is 18.5. The fraction of sp³-hybridized carbons (Fsp3) is 0.545. The van der Waals surface area contributed by atoms with Crippen LogP contribution in [-0.4, -0.2) is 32.1 Å². The SMILES string of the molecule is COc1csc(C(=O)NCC2CCCN2)c1.Cl. The molecule has 4 nitrogen and oxygen atoms in total. The third-order valence-electron chi connectivity index (χ3n) is 2.71. The fourth-order valence-electron chi connectivity index (χ4n) is 1.78. The van der Waals surface area contributed by atoms with Crippen LogP contribution in [0.3, 0.4) is 0 Å². The molecule has 1 saturated heterocycles. The van der Waals surface area contributed by atoms with Crippen LogP contribution in [0.25, 0.3) is 0 Å². The summed E-state index contributed by atoms with van der Waals surface area (Å²) < 4.78 is 5.04. The van der Waals surface area contributed by atoms with Gasteiger partial charge in [0, 0.05) is 24.0 Å². The second-order valence-electron chi connectivity index (χ2n) is 3.85. The number of carbonyl (C=O) groups excluding carboxylic acids is 1. The number of halogens is 1. The summed E-state index contributed by atoms with van der Waals surface area (Å²) in [7, 11) is 1.60. The van der Waals surface area contributed by atoms with Crippen molar-refractivity contribution < 1.29 is 9.53 Å². The molecule has 1 aromatic rings. The van der Waals surface area contributed by atoms with Gasteiger partial charge in [0.05, 0.1) is 12.0 Å². The maximum atomic E-state index is 11.7. The first kappa shape index (κ1) is 14.3. The van der Waals surface area contributed by atoms with E-state index in [1.54, 1.807) is 13.2 Å². The van der Waals surface area contributed by atoms with Gasteiger partial charge in [-0.05, 0) is 19.4 Å². The molecule has 0 aromatic carbocycles. The zero-order valence-electron chi connectivity index (χ0n) is 9.69. The molecule has 2 N–H and O–H groups in total. The standard InChI is InChI=1S/C11H16N2O2S.ClH/c1-15-9-5-10(16-7-9)11(14)13-6-8-3-2-4-12-8;/h5,7-8,12H,2-4,6H2,1H3,(H,13,14);1H. The minimum absolute atomic E-state index is 0. The molecule has 0 bridgehead atoms. The van der Waals surface area contributed by atoms with Crippen molar-refractivity contribution in [3.8, 4) is 5.75 Å². The summed E-state index contributed by atoms with van der Waals surface area (Å²) in [6.07, 6.45) is 2.35. The van der Waals surface area contributed by atoms with Crippen molar-refractivity contribution in [3.05, 3.63) is 16.3 Å². The predicted molar refractivity (Wildman–Crippen MR) is 71.5 cm³/mol. The van der Waals surface area contributed by atoms with Gasteiger partial charge in [0.1, 0.15) is 5.75 Å². The minimum Gasteiger partial charge on any atom is -0.496 e. The first-order chi connectivity index (χ1) is 7.79. The molecular weight excluding hydrogens is 260 g/mol. The molecule has 2 rings (SSSR count). The number of hydrogen-bond donors (Lipinski definition) is 2. The molecule has 2 heterocycles. The Balaban J connectivity index is 0.00000144. The minimum atomic E-state index is -0.0120. The molecule has 0 radical (unpaired) electrons. The number of hydrogen-bond acceptors (Lipinski definition) is 4. The third-order valence-corrected chi connectivity index (χ3v) is 3.61. The molecule has 1 unspecified atom stereocenters. The molecule has 1 atom stereocenters. The Bertz CT molecular complexity index is 364. The Labute approximate surface area is 111 Å². The van der Waals surface area contributed by atoms with Gasteiger partial charge in [-0.1, -0.05) is 0 Å². The number of nitrogens with one attached hydrogen (secondary N) is 2. The van der Waals surface area contributed by atoms with Crippen LogP contribution in [-0.2, 0) is 0 Å². The number of rotatable bonds is 4. The zero-order valence-corrected chi connectivity index (χ0v) is 11.3. The molecule has 0 spiro atoms. The van der Waals surface area contributed by atoms with Crippen LogP contribution in [0.15, 0.2) is 11.4 Å².